The molecule has 1 aliphatic carbocycles. The minimum atomic E-state index is -1.34. The molecule has 166 valence electrons. The first-order valence-electron chi connectivity index (χ1n) is 11.1. The molecule has 1 unspecified atom stereocenters. The minimum Gasteiger partial charge on any atom is -0.543 e. The van der Waals surface area contributed by atoms with Gasteiger partial charge in [0.05, 0.1) is 43.1 Å². The van der Waals surface area contributed by atoms with E-state index in [-0.39, 0.29) is 22.9 Å². The molecule has 7 nitrogen and oxygen atoms in total. The number of nitrogens with zero attached hydrogens (tertiary/aromatic N) is 2. The van der Waals surface area contributed by atoms with Crippen molar-refractivity contribution >= 4 is 29.5 Å². The van der Waals surface area contributed by atoms with Gasteiger partial charge in [-0.2, -0.15) is 0 Å². The molecule has 2 saturated heterocycles. The van der Waals surface area contributed by atoms with Gasteiger partial charge in [0.1, 0.15) is 0 Å². The van der Waals surface area contributed by atoms with Gasteiger partial charge in [-0.25, -0.2) is 0 Å². The highest BCUT2D eigenvalue weighted by atomic mass is 32.2. The molecule has 2 amide bonds. The van der Waals surface area contributed by atoms with Crippen LogP contribution in [-0.4, -0.2) is 71.4 Å². The number of rotatable bonds is 7. The van der Waals surface area contributed by atoms with Crippen LogP contribution in [0.1, 0.15) is 46.5 Å². The average Bonchev–Trinajstić information content (AvgIpc) is 3.48. The van der Waals surface area contributed by atoms with Crippen molar-refractivity contribution in [2.45, 2.75) is 51.8 Å². The molecule has 8 heteroatoms. The van der Waals surface area contributed by atoms with Crippen LogP contribution in [0.4, 0.5) is 0 Å². The Bertz CT molecular complexity index is 750. The van der Waals surface area contributed by atoms with E-state index < -0.39 is 5.97 Å². The largest absolute Gasteiger partial charge is 0.543 e. The highest BCUT2D eigenvalue weighted by molar-refractivity contribution is 8.00. The zero-order valence-electron chi connectivity index (χ0n) is 18.2. The number of carbonyl (C=O) groups is 3. The first-order valence-corrected chi connectivity index (χ1v) is 12.2. The number of carboxylic acid groups (broad SMARTS) is 1. The second-order valence-corrected chi connectivity index (χ2v) is 9.49. The van der Waals surface area contributed by atoms with Crippen molar-refractivity contribution in [2.24, 2.45) is 5.92 Å². The van der Waals surface area contributed by atoms with Crippen molar-refractivity contribution in [2.75, 3.05) is 38.5 Å². The lowest BCUT2D eigenvalue weighted by Crippen LogP contribution is -3.11. The molecule has 4 rings (SSSR count). The summed E-state index contributed by atoms with van der Waals surface area (Å²) in [6.07, 6.45) is 5.07. The SMILES string of the molecule is CC[NH+](CC)CC.O=C([O-])C1=C(/C=C2\CCN(CC3CC3)C2=O)CSC2CC(=O)N12. The number of hydrogen-bond acceptors (Lipinski definition) is 5. The lowest BCUT2D eigenvalue weighted by Gasteiger charge is -2.45. The third-order valence-electron chi connectivity index (χ3n) is 6.31. The van der Waals surface area contributed by atoms with Crippen LogP contribution in [0.25, 0.3) is 0 Å². The van der Waals surface area contributed by atoms with Crippen molar-refractivity contribution < 1.29 is 24.4 Å². The van der Waals surface area contributed by atoms with E-state index in [0.717, 1.165) is 6.54 Å². The van der Waals surface area contributed by atoms with Crippen LogP contribution in [0.3, 0.4) is 0 Å². The summed E-state index contributed by atoms with van der Waals surface area (Å²) in [4.78, 5) is 40.4. The molecule has 0 aromatic heterocycles. The average molecular weight is 436 g/mol. The van der Waals surface area contributed by atoms with Gasteiger partial charge in [0.2, 0.25) is 11.8 Å². The molecule has 3 aliphatic heterocycles. The van der Waals surface area contributed by atoms with Gasteiger partial charge < -0.3 is 19.7 Å². The molecular weight excluding hydrogens is 402 g/mol. The number of thioether (sulfide) groups is 1. The van der Waals surface area contributed by atoms with Crippen LogP contribution >= 0.6 is 11.8 Å². The summed E-state index contributed by atoms with van der Waals surface area (Å²) in [5.41, 5.74) is 1.12. The van der Waals surface area contributed by atoms with Crippen molar-refractivity contribution in [3.8, 4) is 0 Å². The Morgan fingerprint density at radius 2 is 1.87 bits per heavy atom. The van der Waals surface area contributed by atoms with E-state index in [1.165, 1.54) is 49.1 Å². The number of likely N-dealkylation sites (tertiary alicyclic amines) is 1. The fraction of sp³-hybridized carbons (Fsp3) is 0.682. The zero-order chi connectivity index (χ0) is 21.8. The van der Waals surface area contributed by atoms with Gasteiger partial charge in [0, 0.05) is 24.4 Å². The fourth-order valence-corrected chi connectivity index (χ4v) is 5.31. The normalized spacial score (nSPS) is 24.8. The molecule has 1 N–H and O–H groups in total. The summed E-state index contributed by atoms with van der Waals surface area (Å²) in [7, 11) is 0. The number of carbonyl (C=O) groups excluding carboxylic acids is 3. The van der Waals surface area contributed by atoms with Gasteiger partial charge in [-0.3, -0.25) is 14.5 Å². The van der Waals surface area contributed by atoms with E-state index in [2.05, 4.69) is 20.8 Å². The molecule has 3 heterocycles. The number of allylic oxidation sites excluding steroid dienone is 1. The monoisotopic (exact) mass is 435 g/mol. The molecule has 1 saturated carbocycles. The van der Waals surface area contributed by atoms with Crippen LogP contribution in [0, 0.1) is 5.92 Å². The maximum atomic E-state index is 12.4. The van der Waals surface area contributed by atoms with Gasteiger partial charge in [0.15, 0.2) is 0 Å². The van der Waals surface area contributed by atoms with Crippen LogP contribution in [0.15, 0.2) is 22.9 Å². The molecule has 3 fully saturated rings. The van der Waals surface area contributed by atoms with Crippen LogP contribution in [0.2, 0.25) is 0 Å². The van der Waals surface area contributed by atoms with Gasteiger partial charge in [-0.1, -0.05) is 0 Å². The molecule has 0 radical (unpaired) electrons. The fourth-order valence-electron chi connectivity index (χ4n) is 4.09. The lowest BCUT2D eigenvalue weighted by atomic mass is 10.0. The minimum absolute atomic E-state index is 0.00385. The van der Waals surface area contributed by atoms with Crippen LogP contribution in [-0.2, 0) is 14.4 Å². The predicted octanol–water partition coefficient (Wildman–Crippen LogP) is -0.205. The summed E-state index contributed by atoms with van der Waals surface area (Å²) in [5, 5.41) is 11.4. The maximum Gasteiger partial charge on any atom is 0.249 e. The van der Waals surface area contributed by atoms with Gasteiger partial charge in [-0.05, 0) is 57.6 Å². The van der Waals surface area contributed by atoms with Crippen molar-refractivity contribution in [3.05, 3.63) is 22.9 Å². The second kappa shape index (κ2) is 10.0. The summed E-state index contributed by atoms with van der Waals surface area (Å²) < 4.78 is 0. The second-order valence-electron chi connectivity index (χ2n) is 8.32. The Morgan fingerprint density at radius 3 is 2.37 bits per heavy atom. The van der Waals surface area contributed by atoms with Gasteiger partial charge in [0.25, 0.3) is 0 Å². The molecular formula is C22H33N3O4S. The van der Waals surface area contributed by atoms with E-state index >= 15 is 0 Å². The first-order chi connectivity index (χ1) is 14.4. The highest BCUT2D eigenvalue weighted by Gasteiger charge is 2.43. The Morgan fingerprint density at radius 1 is 1.20 bits per heavy atom. The van der Waals surface area contributed by atoms with Crippen LogP contribution < -0.4 is 10.0 Å². The summed E-state index contributed by atoms with van der Waals surface area (Å²) >= 11 is 1.54. The van der Waals surface area contributed by atoms with Gasteiger partial charge >= 0.3 is 0 Å². The van der Waals surface area contributed by atoms with E-state index in [0.29, 0.717) is 42.2 Å². The van der Waals surface area contributed by atoms with E-state index in [4.69, 9.17) is 0 Å². The summed E-state index contributed by atoms with van der Waals surface area (Å²) in [5.74, 6) is -0.386. The number of fused-ring (bicyclic) bond motifs is 1. The number of β-lactam (4-membered cyclic amide) rings is 1. The van der Waals surface area contributed by atoms with E-state index in [1.807, 2.05) is 4.90 Å². The molecule has 1 atom stereocenters. The number of carboxylic acids is 1. The van der Waals surface area contributed by atoms with E-state index in [1.54, 1.807) is 11.0 Å². The standard InChI is InChI=1S/C16H18N2O4S.C6H15N/c19-12-6-13-18(12)14(16(21)22)11(8-23-13)5-10-3-4-17(15(10)20)7-9-1-2-9;1-4-7(5-2)6-3/h5,9,13H,1-4,6-8H2,(H,21,22);4-6H2,1-3H3/b10-5+;. The Hall–Kier alpha value is -1.80. The molecule has 0 aromatic carbocycles. The first kappa shape index (κ1) is 22.9. The predicted molar refractivity (Wildman–Crippen MR) is 114 cm³/mol. The molecule has 0 bridgehead atoms. The van der Waals surface area contributed by atoms with Crippen molar-refractivity contribution in [1.82, 2.24) is 9.80 Å². The summed E-state index contributed by atoms with van der Waals surface area (Å²) in [6.45, 7) is 12.0. The topological polar surface area (TPSA) is 85.2 Å². The number of nitrogens with one attached hydrogen (secondary N) is 1. The molecule has 0 aromatic rings. The van der Waals surface area contributed by atoms with E-state index in [9.17, 15) is 19.5 Å². The number of aliphatic carboxylic acids is 1. The Kier molecular flexibility index (Phi) is 7.63. The zero-order valence-corrected chi connectivity index (χ0v) is 19.1. The molecule has 30 heavy (non-hydrogen) atoms. The van der Waals surface area contributed by atoms with Crippen LogP contribution in [0.5, 0.6) is 0 Å². The smallest absolute Gasteiger partial charge is 0.249 e. The van der Waals surface area contributed by atoms with Crippen molar-refractivity contribution in [1.29, 1.82) is 0 Å². The number of quaternary nitrogens is 1. The highest BCUT2D eigenvalue weighted by Crippen LogP contribution is 2.40. The Labute approximate surface area is 183 Å². The third-order valence-corrected chi connectivity index (χ3v) is 7.55. The lowest BCUT2D eigenvalue weighted by molar-refractivity contribution is -0.894. The summed E-state index contributed by atoms with van der Waals surface area (Å²) in [6, 6.07) is 0. The number of hydrogen-bond donors (Lipinski definition) is 1. The maximum absolute atomic E-state index is 12.4. The Balaban J connectivity index is 0.000000318. The quantitative estimate of drug-likeness (QED) is 0.442. The van der Waals surface area contributed by atoms with Crippen molar-refractivity contribution in [3.63, 3.8) is 0 Å². The molecule has 0 spiro atoms. The number of amides is 2. The van der Waals surface area contributed by atoms with Gasteiger partial charge in [-0.15, -0.1) is 11.8 Å². The molecule has 4 aliphatic rings. The third kappa shape index (κ3) is 5.09.